The van der Waals surface area contributed by atoms with Crippen LogP contribution in [-0.4, -0.2) is 60.0 Å². The second-order valence-corrected chi connectivity index (χ2v) is 8.48. The summed E-state index contributed by atoms with van der Waals surface area (Å²) in [5, 5.41) is 0. The molecule has 2 heterocycles. The number of ether oxygens (including phenoxy) is 1. The van der Waals surface area contributed by atoms with E-state index >= 15 is 0 Å². The molecule has 3 aliphatic rings. The molecule has 1 aliphatic carbocycles. The van der Waals surface area contributed by atoms with Crippen molar-refractivity contribution in [3.8, 4) is 0 Å². The zero-order valence-electron chi connectivity index (χ0n) is 16.7. The molecule has 1 unspecified atom stereocenters. The molecule has 2 saturated heterocycles. The minimum absolute atomic E-state index is 0.172. The number of piperidine rings is 1. The molecule has 0 aromatic heterocycles. The molecule has 1 aromatic carbocycles. The van der Waals surface area contributed by atoms with E-state index < -0.39 is 0 Å². The lowest BCUT2D eigenvalue weighted by atomic mass is 9.97. The average molecular weight is 385 g/mol. The maximum Gasteiger partial charge on any atom is 0.226 e. The molecular formula is C23H32N2O3. The van der Waals surface area contributed by atoms with Gasteiger partial charge in [-0.15, -0.1) is 0 Å². The highest BCUT2D eigenvalue weighted by Crippen LogP contribution is 2.35. The molecule has 4 rings (SSSR count). The Morgan fingerprint density at radius 3 is 2.46 bits per heavy atom. The topological polar surface area (TPSA) is 49.9 Å². The van der Waals surface area contributed by atoms with E-state index in [1.54, 1.807) is 0 Å². The summed E-state index contributed by atoms with van der Waals surface area (Å²) < 4.78 is 5.52. The van der Waals surface area contributed by atoms with Crippen LogP contribution in [-0.2, 0) is 20.7 Å². The van der Waals surface area contributed by atoms with Crippen LogP contribution in [0.15, 0.2) is 30.3 Å². The summed E-state index contributed by atoms with van der Waals surface area (Å²) in [4.78, 5) is 30.1. The number of carbonyl (C=O) groups is 2. The van der Waals surface area contributed by atoms with Crippen molar-refractivity contribution in [3.63, 3.8) is 0 Å². The van der Waals surface area contributed by atoms with Crippen molar-refractivity contribution in [1.29, 1.82) is 0 Å². The minimum Gasteiger partial charge on any atom is -0.381 e. The van der Waals surface area contributed by atoms with Crippen LogP contribution in [0.4, 0.5) is 0 Å². The first-order chi connectivity index (χ1) is 13.7. The number of benzene rings is 1. The van der Waals surface area contributed by atoms with Crippen LogP contribution in [0.25, 0.3) is 0 Å². The van der Waals surface area contributed by atoms with E-state index in [2.05, 4.69) is 17.0 Å². The van der Waals surface area contributed by atoms with Crippen LogP contribution in [0.3, 0.4) is 0 Å². The van der Waals surface area contributed by atoms with Crippen molar-refractivity contribution in [2.24, 2.45) is 5.92 Å². The van der Waals surface area contributed by atoms with E-state index in [0.29, 0.717) is 18.9 Å². The van der Waals surface area contributed by atoms with Gasteiger partial charge < -0.3 is 14.5 Å². The molecule has 2 aliphatic heterocycles. The first kappa shape index (κ1) is 19.4. The van der Waals surface area contributed by atoms with Gasteiger partial charge in [0.15, 0.2) is 0 Å². The highest BCUT2D eigenvalue weighted by molar-refractivity contribution is 5.82. The third-order valence-corrected chi connectivity index (χ3v) is 6.38. The van der Waals surface area contributed by atoms with Gasteiger partial charge in [0, 0.05) is 50.7 Å². The third-order valence-electron chi connectivity index (χ3n) is 6.38. The second-order valence-electron chi connectivity index (χ2n) is 8.48. The summed E-state index contributed by atoms with van der Waals surface area (Å²) in [6.07, 6.45) is 7.25. The Balaban J connectivity index is 1.38. The Hall–Kier alpha value is -1.88. The third kappa shape index (κ3) is 4.75. The first-order valence-electron chi connectivity index (χ1n) is 10.9. The number of likely N-dealkylation sites (tertiary alicyclic amines) is 1. The Bertz CT molecular complexity index is 668. The van der Waals surface area contributed by atoms with Crippen LogP contribution in [0.2, 0.25) is 0 Å². The maximum absolute atomic E-state index is 13.1. The Morgan fingerprint density at radius 2 is 1.75 bits per heavy atom. The van der Waals surface area contributed by atoms with Crippen LogP contribution < -0.4 is 0 Å². The molecule has 28 heavy (non-hydrogen) atoms. The highest BCUT2D eigenvalue weighted by atomic mass is 16.5. The molecule has 1 aromatic rings. The number of hydrogen-bond acceptors (Lipinski definition) is 3. The number of amides is 2. The van der Waals surface area contributed by atoms with E-state index in [-0.39, 0.29) is 23.9 Å². The maximum atomic E-state index is 13.1. The van der Waals surface area contributed by atoms with Crippen molar-refractivity contribution < 1.29 is 14.3 Å². The van der Waals surface area contributed by atoms with E-state index in [9.17, 15) is 9.59 Å². The van der Waals surface area contributed by atoms with E-state index in [0.717, 1.165) is 64.7 Å². The summed E-state index contributed by atoms with van der Waals surface area (Å²) in [5.74, 6) is 0.779. The number of hydrogen-bond donors (Lipinski definition) is 0. The van der Waals surface area contributed by atoms with Crippen molar-refractivity contribution >= 4 is 11.8 Å². The van der Waals surface area contributed by atoms with Gasteiger partial charge >= 0.3 is 0 Å². The van der Waals surface area contributed by atoms with Crippen molar-refractivity contribution in [1.82, 2.24) is 9.80 Å². The van der Waals surface area contributed by atoms with Gasteiger partial charge in [-0.25, -0.2) is 0 Å². The number of aryl methyl sites for hydroxylation is 1. The highest BCUT2D eigenvalue weighted by Gasteiger charge is 2.41. The Morgan fingerprint density at radius 1 is 1.00 bits per heavy atom. The Labute approximate surface area is 168 Å². The summed E-state index contributed by atoms with van der Waals surface area (Å²) in [6, 6.07) is 10.7. The van der Waals surface area contributed by atoms with E-state index in [1.807, 2.05) is 23.1 Å². The van der Waals surface area contributed by atoms with Crippen LogP contribution in [0, 0.1) is 5.92 Å². The van der Waals surface area contributed by atoms with E-state index in [1.165, 1.54) is 5.56 Å². The average Bonchev–Trinajstić information content (AvgIpc) is 3.59. The standard InChI is InChI=1S/C23H32N2O3/c26-22(11-8-18-5-2-1-3-6-18)24-14-4-7-21(17-24)25(23(27)19-9-10-19)20-12-15-28-16-13-20/h1-3,5-6,19-21H,4,7-17H2. The fourth-order valence-corrected chi connectivity index (χ4v) is 4.62. The summed E-state index contributed by atoms with van der Waals surface area (Å²) in [5.41, 5.74) is 1.21. The van der Waals surface area contributed by atoms with Crippen molar-refractivity contribution in [2.75, 3.05) is 26.3 Å². The monoisotopic (exact) mass is 384 g/mol. The van der Waals surface area contributed by atoms with Gasteiger partial charge in [0.05, 0.1) is 0 Å². The van der Waals surface area contributed by atoms with Gasteiger partial charge in [0.1, 0.15) is 0 Å². The summed E-state index contributed by atoms with van der Waals surface area (Å²) in [6.45, 7) is 3.00. The number of nitrogens with zero attached hydrogens (tertiary/aromatic N) is 2. The fraction of sp³-hybridized carbons (Fsp3) is 0.652. The lowest BCUT2D eigenvalue weighted by Crippen LogP contribution is -2.56. The molecule has 1 atom stereocenters. The zero-order valence-corrected chi connectivity index (χ0v) is 16.7. The SMILES string of the molecule is O=C(CCc1ccccc1)N1CCCC(N(C(=O)C2CC2)C2CCOCC2)C1. The molecule has 1 saturated carbocycles. The normalized spacial score (nSPS) is 23.4. The molecule has 0 bridgehead atoms. The van der Waals surface area contributed by atoms with Gasteiger partial charge in [-0.3, -0.25) is 9.59 Å². The van der Waals surface area contributed by atoms with Gasteiger partial charge in [0.25, 0.3) is 0 Å². The van der Waals surface area contributed by atoms with Crippen molar-refractivity contribution in [3.05, 3.63) is 35.9 Å². The lowest BCUT2D eigenvalue weighted by Gasteiger charge is -2.44. The molecule has 5 heteroatoms. The fourth-order valence-electron chi connectivity index (χ4n) is 4.62. The molecular weight excluding hydrogens is 352 g/mol. The molecule has 0 radical (unpaired) electrons. The predicted octanol–water partition coefficient (Wildman–Crippen LogP) is 3.03. The minimum atomic E-state index is 0.172. The number of carbonyl (C=O) groups excluding carboxylic acids is 2. The largest absolute Gasteiger partial charge is 0.381 e. The van der Waals surface area contributed by atoms with Gasteiger partial charge in [0.2, 0.25) is 11.8 Å². The molecule has 3 fully saturated rings. The first-order valence-corrected chi connectivity index (χ1v) is 10.9. The number of rotatable bonds is 6. The molecule has 5 nitrogen and oxygen atoms in total. The molecule has 0 spiro atoms. The van der Waals surface area contributed by atoms with Crippen LogP contribution >= 0.6 is 0 Å². The summed E-state index contributed by atoms with van der Waals surface area (Å²) in [7, 11) is 0. The van der Waals surface area contributed by atoms with Gasteiger partial charge in [-0.05, 0) is 50.5 Å². The lowest BCUT2D eigenvalue weighted by molar-refractivity contribution is -0.145. The van der Waals surface area contributed by atoms with Crippen molar-refractivity contribution in [2.45, 2.75) is 63.5 Å². The second kappa shape index (κ2) is 9.08. The Kier molecular flexibility index (Phi) is 6.30. The van der Waals surface area contributed by atoms with Crippen LogP contribution in [0.5, 0.6) is 0 Å². The quantitative estimate of drug-likeness (QED) is 0.758. The molecule has 2 amide bonds. The zero-order chi connectivity index (χ0) is 19.3. The smallest absolute Gasteiger partial charge is 0.226 e. The van der Waals surface area contributed by atoms with E-state index in [4.69, 9.17) is 4.74 Å². The molecule has 0 N–H and O–H groups in total. The summed E-state index contributed by atoms with van der Waals surface area (Å²) >= 11 is 0. The van der Waals surface area contributed by atoms with Crippen LogP contribution in [0.1, 0.15) is 50.5 Å². The predicted molar refractivity (Wildman–Crippen MR) is 108 cm³/mol. The molecule has 152 valence electrons. The van der Waals surface area contributed by atoms with Gasteiger partial charge in [-0.1, -0.05) is 30.3 Å². The van der Waals surface area contributed by atoms with Gasteiger partial charge in [-0.2, -0.15) is 0 Å².